The summed E-state index contributed by atoms with van der Waals surface area (Å²) in [5.74, 6) is -0.455. The lowest BCUT2D eigenvalue weighted by molar-refractivity contribution is -0.149. The van der Waals surface area contributed by atoms with Gasteiger partial charge in [-0.1, -0.05) is 30.3 Å². The minimum absolute atomic E-state index is 0.255. The summed E-state index contributed by atoms with van der Waals surface area (Å²) in [6.45, 7) is 5.63. The molecule has 0 aliphatic carbocycles. The van der Waals surface area contributed by atoms with Crippen molar-refractivity contribution in [3.63, 3.8) is 0 Å². The maximum atomic E-state index is 12.4. The molecular formula is C16H21NO4. The van der Waals surface area contributed by atoms with E-state index in [1.54, 1.807) is 20.8 Å². The number of cyclic esters (lactones) is 1. The molecule has 114 valence electrons. The van der Waals surface area contributed by atoms with Gasteiger partial charge in [0, 0.05) is 18.4 Å². The smallest absolute Gasteiger partial charge is 0.408 e. The zero-order valence-corrected chi connectivity index (χ0v) is 12.6. The van der Waals surface area contributed by atoms with E-state index >= 15 is 0 Å². The number of amides is 1. The summed E-state index contributed by atoms with van der Waals surface area (Å²) in [6, 6.07) is 9.45. The minimum Gasteiger partial charge on any atom is -0.465 e. The van der Waals surface area contributed by atoms with Gasteiger partial charge in [0.25, 0.3) is 0 Å². The van der Waals surface area contributed by atoms with Gasteiger partial charge in [-0.3, -0.25) is 4.90 Å². The molecule has 1 N–H and O–H groups in total. The van der Waals surface area contributed by atoms with Gasteiger partial charge < -0.3 is 9.84 Å². The molecule has 0 aromatic heterocycles. The van der Waals surface area contributed by atoms with Gasteiger partial charge in [0.1, 0.15) is 0 Å². The van der Waals surface area contributed by atoms with Crippen LogP contribution in [0, 0.1) is 0 Å². The van der Waals surface area contributed by atoms with Crippen molar-refractivity contribution in [2.24, 2.45) is 0 Å². The molecule has 5 nitrogen and oxygen atoms in total. The third kappa shape index (κ3) is 2.86. The number of carbonyl (C=O) groups excluding carboxylic acids is 1. The Kier molecular flexibility index (Phi) is 3.94. The fraction of sp³-hybridized carbons (Fsp3) is 0.500. The number of ether oxygens (including phenoxy) is 1. The quantitative estimate of drug-likeness (QED) is 0.869. The molecule has 0 spiro atoms. The van der Waals surface area contributed by atoms with Gasteiger partial charge in [0.15, 0.2) is 5.54 Å². The van der Waals surface area contributed by atoms with Gasteiger partial charge in [-0.15, -0.1) is 0 Å². The molecule has 1 atom stereocenters. The van der Waals surface area contributed by atoms with E-state index in [9.17, 15) is 14.7 Å². The lowest BCUT2D eigenvalue weighted by Crippen LogP contribution is -2.62. The first-order valence-corrected chi connectivity index (χ1v) is 7.02. The van der Waals surface area contributed by atoms with Crippen LogP contribution in [-0.4, -0.2) is 39.8 Å². The fourth-order valence-corrected chi connectivity index (χ4v) is 3.04. The lowest BCUT2D eigenvalue weighted by Gasteiger charge is -2.44. The van der Waals surface area contributed by atoms with E-state index in [0.29, 0.717) is 12.8 Å². The van der Waals surface area contributed by atoms with Crippen molar-refractivity contribution in [1.29, 1.82) is 0 Å². The van der Waals surface area contributed by atoms with Crippen LogP contribution in [0.4, 0.5) is 4.79 Å². The third-order valence-corrected chi connectivity index (χ3v) is 3.76. The van der Waals surface area contributed by atoms with Crippen molar-refractivity contribution < 1.29 is 19.4 Å². The van der Waals surface area contributed by atoms with Crippen molar-refractivity contribution in [1.82, 2.24) is 4.90 Å². The monoisotopic (exact) mass is 291 g/mol. The molecule has 0 radical (unpaired) electrons. The summed E-state index contributed by atoms with van der Waals surface area (Å²) >= 11 is 0. The van der Waals surface area contributed by atoms with Crippen LogP contribution in [0.5, 0.6) is 0 Å². The molecule has 5 heteroatoms. The van der Waals surface area contributed by atoms with Crippen LogP contribution in [0.3, 0.4) is 0 Å². The van der Waals surface area contributed by atoms with Gasteiger partial charge in [-0.05, 0) is 26.3 Å². The highest BCUT2D eigenvalue weighted by Crippen LogP contribution is 2.36. The Morgan fingerprint density at radius 2 is 1.95 bits per heavy atom. The lowest BCUT2D eigenvalue weighted by atomic mass is 9.84. The molecule has 0 bridgehead atoms. The third-order valence-electron chi connectivity index (χ3n) is 3.76. The van der Waals surface area contributed by atoms with Crippen molar-refractivity contribution in [3.8, 4) is 0 Å². The van der Waals surface area contributed by atoms with Gasteiger partial charge in [0.05, 0.1) is 6.61 Å². The highest BCUT2D eigenvalue weighted by molar-refractivity contribution is 5.87. The average Bonchev–Trinajstić information content (AvgIpc) is 2.70. The number of hydrogen-bond donors (Lipinski definition) is 1. The molecule has 1 amide bonds. The first-order valence-electron chi connectivity index (χ1n) is 7.02. The van der Waals surface area contributed by atoms with E-state index in [4.69, 9.17) is 4.74 Å². The van der Waals surface area contributed by atoms with Crippen molar-refractivity contribution >= 4 is 12.1 Å². The van der Waals surface area contributed by atoms with Crippen LogP contribution in [0.1, 0.15) is 32.8 Å². The van der Waals surface area contributed by atoms with Crippen LogP contribution in [0.2, 0.25) is 0 Å². The number of carboxylic acid groups (broad SMARTS) is 1. The van der Waals surface area contributed by atoms with Gasteiger partial charge in [-0.25, -0.2) is 9.59 Å². The first kappa shape index (κ1) is 15.4. The van der Waals surface area contributed by atoms with Gasteiger partial charge >= 0.3 is 12.1 Å². The second-order valence-corrected chi connectivity index (χ2v) is 6.37. The summed E-state index contributed by atoms with van der Waals surface area (Å²) in [6.07, 6.45) is -0.391. The largest absolute Gasteiger partial charge is 0.465 e. The minimum atomic E-state index is -1.15. The number of hydrogen-bond acceptors (Lipinski definition) is 3. The van der Waals surface area contributed by atoms with Crippen LogP contribution < -0.4 is 0 Å². The maximum Gasteiger partial charge on any atom is 0.408 e. The number of rotatable bonds is 3. The second kappa shape index (κ2) is 5.39. The van der Waals surface area contributed by atoms with Gasteiger partial charge in [-0.2, -0.15) is 0 Å². The molecule has 0 saturated carbocycles. The number of nitrogens with zero attached hydrogens (tertiary/aromatic N) is 1. The summed E-state index contributed by atoms with van der Waals surface area (Å²) in [4.78, 5) is 25.4. The Balaban J connectivity index is 2.47. The van der Waals surface area contributed by atoms with Crippen LogP contribution in [-0.2, 0) is 16.0 Å². The maximum absolute atomic E-state index is 12.4. The first-order chi connectivity index (χ1) is 9.77. The summed E-state index contributed by atoms with van der Waals surface area (Å²) in [7, 11) is 0. The molecule has 1 aliphatic rings. The predicted octanol–water partition coefficient (Wildman–Crippen LogP) is 2.69. The summed E-state index contributed by atoms with van der Waals surface area (Å²) in [5, 5.41) is 9.65. The second-order valence-electron chi connectivity index (χ2n) is 6.37. The highest BCUT2D eigenvalue weighted by Gasteiger charge is 2.55. The Morgan fingerprint density at radius 1 is 1.33 bits per heavy atom. The molecule has 1 aromatic carbocycles. The number of esters is 1. The van der Waals surface area contributed by atoms with E-state index in [-0.39, 0.29) is 6.61 Å². The molecule has 21 heavy (non-hydrogen) atoms. The van der Waals surface area contributed by atoms with E-state index in [2.05, 4.69) is 0 Å². The molecule has 1 unspecified atom stereocenters. The Morgan fingerprint density at radius 3 is 2.38 bits per heavy atom. The molecule has 1 heterocycles. The Bertz CT molecular complexity index is 535. The molecule has 1 fully saturated rings. The van der Waals surface area contributed by atoms with Crippen molar-refractivity contribution in [2.45, 2.75) is 44.7 Å². The van der Waals surface area contributed by atoms with Crippen molar-refractivity contribution in [2.75, 3.05) is 6.61 Å². The number of carbonyl (C=O) groups is 2. The molecule has 2 rings (SSSR count). The number of benzene rings is 1. The Hall–Kier alpha value is -2.04. The average molecular weight is 291 g/mol. The molecular weight excluding hydrogens is 270 g/mol. The van der Waals surface area contributed by atoms with Crippen molar-refractivity contribution in [3.05, 3.63) is 35.9 Å². The molecule has 1 aromatic rings. The molecule has 1 saturated heterocycles. The standard InChI is InChI=1S/C16H21NO4/c1-15(2,3)17(14(19)20)16(9-10-21-13(16)18)11-12-7-5-4-6-8-12/h4-8H,9-11H2,1-3H3,(H,19,20). The fourth-order valence-electron chi connectivity index (χ4n) is 3.04. The zero-order chi connectivity index (χ0) is 15.7. The van der Waals surface area contributed by atoms with E-state index in [0.717, 1.165) is 5.56 Å². The summed E-state index contributed by atoms with van der Waals surface area (Å²) < 4.78 is 5.12. The summed E-state index contributed by atoms with van der Waals surface area (Å²) in [5.41, 5.74) is -0.915. The van der Waals surface area contributed by atoms with E-state index < -0.39 is 23.1 Å². The predicted molar refractivity (Wildman–Crippen MR) is 78.1 cm³/mol. The zero-order valence-electron chi connectivity index (χ0n) is 12.6. The normalized spacial score (nSPS) is 22.0. The highest BCUT2D eigenvalue weighted by atomic mass is 16.5. The Labute approximate surface area is 124 Å². The SMILES string of the molecule is CC(C)(C)N(C(=O)O)C1(Cc2ccccc2)CCOC1=O. The van der Waals surface area contributed by atoms with Crippen LogP contribution in [0.25, 0.3) is 0 Å². The van der Waals surface area contributed by atoms with Crippen LogP contribution in [0.15, 0.2) is 30.3 Å². The van der Waals surface area contributed by atoms with Gasteiger partial charge in [0.2, 0.25) is 0 Å². The van der Waals surface area contributed by atoms with E-state index in [1.807, 2.05) is 30.3 Å². The topological polar surface area (TPSA) is 66.8 Å². The van der Waals surface area contributed by atoms with Crippen LogP contribution >= 0.6 is 0 Å². The van der Waals surface area contributed by atoms with E-state index in [1.165, 1.54) is 4.90 Å². The molecule has 1 aliphatic heterocycles.